The van der Waals surface area contributed by atoms with Gasteiger partial charge in [-0.25, -0.2) is 4.39 Å². The molecule has 1 N–H and O–H groups in total. The van der Waals surface area contributed by atoms with Crippen LogP contribution in [0.1, 0.15) is 35.7 Å². The van der Waals surface area contributed by atoms with Gasteiger partial charge in [-0.15, -0.1) is 0 Å². The second-order valence-corrected chi connectivity index (χ2v) is 5.32. The first-order valence-electron chi connectivity index (χ1n) is 6.95. The fourth-order valence-corrected chi connectivity index (χ4v) is 2.18. The zero-order valence-corrected chi connectivity index (χ0v) is 12.6. The SMILES string of the molecule is CCCCc1ccc(NC(=O)c2cc(Cl)ccc2F)cc1. The molecule has 0 heterocycles. The molecule has 0 aliphatic heterocycles. The Kier molecular flexibility index (Phi) is 5.34. The Balaban J connectivity index is 2.07. The van der Waals surface area contributed by atoms with Crippen LogP contribution in [0.3, 0.4) is 0 Å². The van der Waals surface area contributed by atoms with Crippen molar-refractivity contribution in [2.24, 2.45) is 0 Å². The van der Waals surface area contributed by atoms with E-state index in [0.717, 1.165) is 19.3 Å². The highest BCUT2D eigenvalue weighted by atomic mass is 35.5. The van der Waals surface area contributed by atoms with Crippen LogP contribution in [0.4, 0.5) is 10.1 Å². The Bertz CT molecular complexity index is 625. The monoisotopic (exact) mass is 305 g/mol. The van der Waals surface area contributed by atoms with Crippen LogP contribution in [-0.2, 0) is 6.42 Å². The number of unbranched alkanes of at least 4 members (excludes halogenated alkanes) is 1. The highest BCUT2D eigenvalue weighted by molar-refractivity contribution is 6.31. The number of rotatable bonds is 5. The molecule has 0 aliphatic carbocycles. The zero-order chi connectivity index (χ0) is 15.2. The van der Waals surface area contributed by atoms with Crippen LogP contribution in [-0.4, -0.2) is 5.91 Å². The first-order chi connectivity index (χ1) is 10.1. The highest BCUT2D eigenvalue weighted by Gasteiger charge is 2.12. The molecule has 21 heavy (non-hydrogen) atoms. The lowest BCUT2D eigenvalue weighted by atomic mass is 10.1. The molecule has 0 bridgehead atoms. The van der Waals surface area contributed by atoms with Gasteiger partial charge in [-0.2, -0.15) is 0 Å². The van der Waals surface area contributed by atoms with Gasteiger partial charge in [0.15, 0.2) is 0 Å². The summed E-state index contributed by atoms with van der Waals surface area (Å²) >= 11 is 5.79. The average Bonchev–Trinajstić information content (AvgIpc) is 2.49. The quantitative estimate of drug-likeness (QED) is 0.820. The summed E-state index contributed by atoms with van der Waals surface area (Å²) in [6.45, 7) is 2.15. The van der Waals surface area contributed by atoms with E-state index in [4.69, 9.17) is 11.6 Å². The Morgan fingerprint density at radius 3 is 2.57 bits per heavy atom. The molecule has 0 radical (unpaired) electrons. The number of aryl methyl sites for hydroxylation is 1. The van der Waals surface area contributed by atoms with Gasteiger partial charge in [0, 0.05) is 10.7 Å². The third-order valence-corrected chi connectivity index (χ3v) is 3.44. The van der Waals surface area contributed by atoms with E-state index < -0.39 is 11.7 Å². The molecule has 2 nitrogen and oxygen atoms in total. The molecule has 0 spiro atoms. The van der Waals surface area contributed by atoms with Gasteiger partial charge in [-0.3, -0.25) is 4.79 Å². The number of amides is 1. The van der Waals surface area contributed by atoms with E-state index in [1.165, 1.54) is 23.8 Å². The van der Waals surface area contributed by atoms with Gasteiger partial charge in [0.25, 0.3) is 5.91 Å². The molecule has 110 valence electrons. The van der Waals surface area contributed by atoms with E-state index >= 15 is 0 Å². The van der Waals surface area contributed by atoms with Gasteiger partial charge in [0.1, 0.15) is 5.82 Å². The Labute approximate surface area is 128 Å². The van der Waals surface area contributed by atoms with Crippen molar-refractivity contribution in [3.8, 4) is 0 Å². The first kappa shape index (κ1) is 15.5. The van der Waals surface area contributed by atoms with Crippen molar-refractivity contribution < 1.29 is 9.18 Å². The summed E-state index contributed by atoms with van der Waals surface area (Å²) < 4.78 is 13.6. The van der Waals surface area contributed by atoms with Crippen LogP contribution >= 0.6 is 11.6 Å². The fourth-order valence-electron chi connectivity index (χ4n) is 2.01. The molecule has 0 aromatic heterocycles. The number of nitrogens with one attached hydrogen (secondary N) is 1. The van der Waals surface area contributed by atoms with Crippen molar-refractivity contribution in [2.75, 3.05) is 5.32 Å². The lowest BCUT2D eigenvalue weighted by Gasteiger charge is -2.07. The Morgan fingerprint density at radius 1 is 1.19 bits per heavy atom. The van der Waals surface area contributed by atoms with Crippen LogP contribution in [0.25, 0.3) is 0 Å². The average molecular weight is 306 g/mol. The normalized spacial score (nSPS) is 10.4. The molecule has 0 aliphatic rings. The van der Waals surface area contributed by atoms with E-state index in [2.05, 4.69) is 12.2 Å². The molecular formula is C17H17ClFNO. The summed E-state index contributed by atoms with van der Waals surface area (Å²) in [5.41, 5.74) is 1.81. The van der Waals surface area contributed by atoms with Gasteiger partial charge in [-0.05, 0) is 48.7 Å². The zero-order valence-electron chi connectivity index (χ0n) is 11.8. The predicted octanol–water partition coefficient (Wildman–Crippen LogP) is 5.07. The smallest absolute Gasteiger partial charge is 0.258 e. The van der Waals surface area contributed by atoms with Crippen LogP contribution < -0.4 is 5.32 Å². The molecule has 4 heteroatoms. The molecule has 0 fully saturated rings. The van der Waals surface area contributed by atoms with Crippen LogP contribution in [0.2, 0.25) is 5.02 Å². The summed E-state index contributed by atoms with van der Waals surface area (Å²) in [5, 5.41) is 3.00. The summed E-state index contributed by atoms with van der Waals surface area (Å²) in [7, 11) is 0. The maximum absolute atomic E-state index is 13.6. The molecule has 0 unspecified atom stereocenters. The number of carbonyl (C=O) groups excluding carboxylic acids is 1. The van der Waals surface area contributed by atoms with Gasteiger partial charge in [0.2, 0.25) is 0 Å². The largest absolute Gasteiger partial charge is 0.322 e. The number of carbonyl (C=O) groups is 1. The number of benzene rings is 2. The number of hydrogen-bond donors (Lipinski definition) is 1. The van der Waals surface area contributed by atoms with Crippen molar-refractivity contribution in [3.05, 3.63) is 64.4 Å². The summed E-state index contributed by atoms with van der Waals surface area (Å²) in [4.78, 5) is 12.0. The molecule has 1 amide bonds. The third kappa shape index (κ3) is 4.30. The van der Waals surface area contributed by atoms with E-state index in [0.29, 0.717) is 10.7 Å². The second-order valence-electron chi connectivity index (χ2n) is 4.88. The summed E-state index contributed by atoms with van der Waals surface area (Å²) in [5.74, 6) is -1.09. The third-order valence-electron chi connectivity index (χ3n) is 3.20. The van der Waals surface area contributed by atoms with Gasteiger partial charge < -0.3 is 5.32 Å². The van der Waals surface area contributed by atoms with E-state index in [-0.39, 0.29) is 5.56 Å². The second kappa shape index (κ2) is 7.23. The van der Waals surface area contributed by atoms with Crippen molar-refractivity contribution in [3.63, 3.8) is 0 Å². The molecule has 0 saturated carbocycles. The highest BCUT2D eigenvalue weighted by Crippen LogP contribution is 2.17. The molecular weight excluding hydrogens is 289 g/mol. The topological polar surface area (TPSA) is 29.1 Å². The first-order valence-corrected chi connectivity index (χ1v) is 7.33. The molecule has 0 atom stereocenters. The van der Waals surface area contributed by atoms with Crippen LogP contribution in [0.5, 0.6) is 0 Å². The lowest BCUT2D eigenvalue weighted by molar-refractivity contribution is 0.102. The van der Waals surface area contributed by atoms with Gasteiger partial charge in [-0.1, -0.05) is 37.1 Å². The van der Waals surface area contributed by atoms with E-state index in [9.17, 15) is 9.18 Å². The Hall–Kier alpha value is -1.87. The lowest BCUT2D eigenvalue weighted by Crippen LogP contribution is -2.13. The summed E-state index contributed by atoms with van der Waals surface area (Å²) in [6.07, 6.45) is 3.31. The molecule has 0 saturated heterocycles. The van der Waals surface area contributed by atoms with Crippen molar-refractivity contribution >= 4 is 23.2 Å². The minimum absolute atomic E-state index is 0.0578. The minimum atomic E-state index is -0.587. The molecule has 2 aromatic rings. The molecule has 2 rings (SSSR count). The van der Waals surface area contributed by atoms with Crippen molar-refractivity contribution in [2.45, 2.75) is 26.2 Å². The minimum Gasteiger partial charge on any atom is -0.322 e. The Morgan fingerprint density at radius 2 is 1.90 bits per heavy atom. The summed E-state index contributed by atoms with van der Waals surface area (Å²) in [6, 6.07) is 11.5. The number of halogens is 2. The maximum Gasteiger partial charge on any atom is 0.258 e. The van der Waals surface area contributed by atoms with Crippen molar-refractivity contribution in [1.82, 2.24) is 0 Å². The number of hydrogen-bond acceptors (Lipinski definition) is 1. The molecule has 2 aromatic carbocycles. The van der Waals surface area contributed by atoms with E-state index in [1.54, 1.807) is 0 Å². The van der Waals surface area contributed by atoms with Crippen LogP contribution in [0, 0.1) is 5.82 Å². The van der Waals surface area contributed by atoms with Gasteiger partial charge in [0.05, 0.1) is 5.56 Å². The van der Waals surface area contributed by atoms with Gasteiger partial charge >= 0.3 is 0 Å². The predicted molar refractivity (Wildman–Crippen MR) is 84.4 cm³/mol. The fraction of sp³-hybridized carbons (Fsp3) is 0.235. The van der Waals surface area contributed by atoms with Crippen LogP contribution in [0.15, 0.2) is 42.5 Å². The number of anilines is 1. The maximum atomic E-state index is 13.6. The van der Waals surface area contributed by atoms with E-state index in [1.807, 2.05) is 24.3 Å². The standard InChI is InChI=1S/C17H17ClFNO/c1-2-3-4-12-5-8-14(9-6-12)20-17(21)15-11-13(18)7-10-16(15)19/h5-11H,2-4H2,1H3,(H,20,21). The van der Waals surface area contributed by atoms with Crippen molar-refractivity contribution in [1.29, 1.82) is 0 Å².